The van der Waals surface area contributed by atoms with Crippen LogP contribution in [0.4, 0.5) is 0 Å². The molecule has 0 amide bonds. The Morgan fingerprint density at radius 3 is 3.00 bits per heavy atom. The molecule has 0 spiro atoms. The van der Waals surface area contributed by atoms with E-state index in [4.69, 9.17) is 5.73 Å². The fraction of sp³-hybridized carbons (Fsp3) is 0.200. The molecule has 12 heavy (non-hydrogen) atoms. The molecular formula is C10H12N2. The second-order valence-corrected chi connectivity index (χ2v) is 3.06. The van der Waals surface area contributed by atoms with Crippen LogP contribution in [0.2, 0.25) is 0 Å². The van der Waals surface area contributed by atoms with Gasteiger partial charge in [0.2, 0.25) is 0 Å². The van der Waals surface area contributed by atoms with E-state index >= 15 is 0 Å². The number of H-pyrrole nitrogens is 1. The van der Waals surface area contributed by atoms with Gasteiger partial charge in [-0.15, -0.1) is 0 Å². The fourth-order valence-electron chi connectivity index (χ4n) is 1.43. The number of aryl methyl sites for hydroxylation is 1. The van der Waals surface area contributed by atoms with Crippen molar-refractivity contribution in [3.8, 4) is 0 Å². The molecule has 2 rings (SSSR count). The van der Waals surface area contributed by atoms with Crippen LogP contribution < -0.4 is 5.73 Å². The van der Waals surface area contributed by atoms with Crippen LogP contribution in [-0.2, 0) is 6.54 Å². The zero-order chi connectivity index (χ0) is 8.55. The van der Waals surface area contributed by atoms with Crippen molar-refractivity contribution in [1.82, 2.24) is 4.98 Å². The minimum Gasteiger partial charge on any atom is -0.361 e. The van der Waals surface area contributed by atoms with Crippen molar-refractivity contribution >= 4 is 10.9 Å². The van der Waals surface area contributed by atoms with Gasteiger partial charge in [-0.3, -0.25) is 0 Å². The van der Waals surface area contributed by atoms with Crippen LogP contribution in [0.25, 0.3) is 10.9 Å². The van der Waals surface area contributed by atoms with E-state index in [0.717, 1.165) is 0 Å². The molecule has 0 aliphatic rings. The first-order valence-corrected chi connectivity index (χ1v) is 4.08. The Bertz CT molecular complexity index is 401. The number of nitrogens with one attached hydrogen (secondary N) is 1. The minimum atomic E-state index is 0.612. The maximum Gasteiger partial charge on any atom is 0.0456 e. The molecule has 0 aliphatic heterocycles. The third-order valence-electron chi connectivity index (χ3n) is 2.19. The average molecular weight is 160 g/mol. The predicted octanol–water partition coefficient (Wildman–Crippen LogP) is 1.94. The first-order valence-electron chi connectivity index (χ1n) is 4.08. The monoisotopic (exact) mass is 160 g/mol. The first-order chi connectivity index (χ1) is 5.81. The van der Waals surface area contributed by atoms with Gasteiger partial charge in [0.1, 0.15) is 0 Å². The molecule has 2 aromatic rings. The van der Waals surface area contributed by atoms with Gasteiger partial charge in [0.05, 0.1) is 0 Å². The summed E-state index contributed by atoms with van der Waals surface area (Å²) in [6.45, 7) is 2.71. The molecular weight excluding hydrogens is 148 g/mol. The SMILES string of the molecule is Cc1c[nH]c2ccc(CN)cc12. The number of nitrogens with two attached hydrogens (primary N) is 1. The summed E-state index contributed by atoms with van der Waals surface area (Å²) in [5.74, 6) is 0. The molecule has 0 aliphatic carbocycles. The van der Waals surface area contributed by atoms with Crippen LogP contribution in [0.1, 0.15) is 11.1 Å². The van der Waals surface area contributed by atoms with Crippen LogP contribution >= 0.6 is 0 Å². The molecule has 3 N–H and O–H groups in total. The van der Waals surface area contributed by atoms with Gasteiger partial charge >= 0.3 is 0 Å². The Balaban J connectivity index is 2.71. The summed E-state index contributed by atoms with van der Waals surface area (Å²) in [5.41, 5.74) is 9.20. The molecule has 62 valence electrons. The molecule has 2 nitrogen and oxygen atoms in total. The summed E-state index contributed by atoms with van der Waals surface area (Å²) in [7, 11) is 0. The third-order valence-corrected chi connectivity index (χ3v) is 2.19. The summed E-state index contributed by atoms with van der Waals surface area (Å²) in [4.78, 5) is 3.20. The Hall–Kier alpha value is -1.28. The molecule has 0 atom stereocenters. The number of aromatic nitrogens is 1. The summed E-state index contributed by atoms with van der Waals surface area (Å²) < 4.78 is 0. The normalized spacial score (nSPS) is 10.8. The van der Waals surface area contributed by atoms with Crippen molar-refractivity contribution in [3.63, 3.8) is 0 Å². The maximum absolute atomic E-state index is 5.55. The summed E-state index contributed by atoms with van der Waals surface area (Å²) >= 11 is 0. The lowest BCUT2D eigenvalue weighted by atomic mass is 10.1. The highest BCUT2D eigenvalue weighted by atomic mass is 14.7. The molecule has 0 unspecified atom stereocenters. The van der Waals surface area contributed by atoms with Crippen LogP contribution in [0.5, 0.6) is 0 Å². The van der Waals surface area contributed by atoms with Crippen molar-refractivity contribution in [1.29, 1.82) is 0 Å². The minimum absolute atomic E-state index is 0.612. The maximum atomic E-state index is 5.55. The number of benzene rings is 1. The highest BCUT2D eigenvalue weighted by Crippen LogP contribution is 2.18. The quantitative estimate of drug-likeness (QED) is 0.657. The molecule has 2 heteroatoms. The Labute approximate surface area is 71.4 Å². The van der Waals surface area contributed by atoms with E-state index in [1.165, 1.54) is 22.0 Å². The van der Waals surface area contributed by atoms with E-state index in [1.807, 2.05) is 6.20 Å². The molecule has 1 heterocycles. The van der Waals surface area contributed by atoms with Crippen molar-refractivity contribution in [3.05, 3.63) is 35.5 Å². The van der Waals surface area contributed by atoms with Gasteiger partial charge < -0.3 is 10.7 Å². The average Bonchev–Trinajstić information content (AvgIpc) is 2.47. The zero-order valence-electron chi connectivity index (χ0n) is 7.09. The predicted molar refractivity (Wildman–Crippen MR) is 50.9 cm³/mol. The number of aromatic amines is 1. The fourth-order valence-corrected chi connectivity index (χ4v) is 1.43. The largest absolute Gasteiger partial charge is 0.361 e. The number of hydrogen-bond acceptors (Lipinski definition) is 1. The van der Waals surface area contributed by atoms with Gasteiger partial charge in [-0.05, 0) is 30.2 Å². The van der Waals surface area contributed by atoms with Gasteiger partial charge in [-0.25, -0.2) is 0 Å². The smallest absolute Gasteiger partial charge is 0.0456 e. The summed E-state index contributed by atoms with van der Waals surface area (Å²) in [6.07, 6.45) is 2.02. The molecule has 0 fully saturated rings. The molecule has 1 aromatic carbocycles. The van der Waals surface area contributed by atoms with E-state index in [-0.39, 0.29) is 0 Å². The molecule has 0 saturated carbocycles. The Morgan fingerprint density at radius 1 is 1.42 bits per heavy atom. The van der Waals surface area contributed by atoms with Crippen molar-refractivity contribution in [2.45, 2.75) is 13.5 Å². The highest BCUT2D eigenvalue weighted by molar-refractivity contribution is 5.83. The molecule has 0 radical (unpaired) electrons. The van der Waals surface area contributed by atoms with Crippen molar-refractivity contribution in [2.24, 2.45) is 5.73 Å². The van der Waals surface area contributed by atoms with E-state index in [1.54, 1.807) is 0 Å². The third kappa shape index (κ3) is 1.01. The Kier molecular flexibility index (Phi) is 1.62. The van der Waals surface area contributed by atoms with Gasteiger partial charge in [0.15, 0.2) is 0 Å². The Morgan fingerprint density at radius 2 is 2.25 bits per heavy atom. The van der Waals surface area contributed by atoms with Gasteiger partial charge in [-0.2, -0.15) is 0 Å². The second-order valence-electron chi connectivity index (χ2n) is 3.06. The molecule has 0 bridgehead atoms. The molecule has 1 aromatic heterocycles. The molecule has 0 saturated heterocycles. The van der Waals surface area contributed by atoms with E-state index in [2.05, 4.69) is 30.1 Å². The van der Waals surface area contributed by atoms with Crippen molar-refractivity contribution < 1.29 is 0 Å². The van der Waals surface area contributed by atoms with Crippen molar-refractivity contribution in [2.75, 3.05) is 0 Å². The number of fused-ring (bicyclic) bond motifs is 1. The first kappa shape index (κ1) is 7.37. The van der Waals surface area contributed by atoms with Crippen LogP contribution in [-0.4, -0.2) is 4.98 Å². The second kappa shape index (κ2) is 2.64. The lowest BCUT2D eigenvalue weighted by Gasteiger charge is -1.96. The van der Waals surface area contributed by atoms with Crippen LogP contribution in [0.3, 0.4) is 0 Å². The van der Waals surface area contributed by atoms with Crippen LogP contribution in [0, 0.1) is 6.92 Å². The van der Waals surface area contributed by atoms with E-state index in [9.17, 15) is 0 Å². The van der Waals surface area contributed by atoms with Gasteiger partial charge in [0.25, 0.3) is 0 Å². The van der Waals surface area contributed by atoms with Gasteiger partial charge in [-0.1, -0.05) is 6.07 Å². The number of hydrogen-bond donors (Lipinski definition) is 2. The van der Waals surface area contributed by atoms with E-state index < -0.39 is 0 Å². The number of rotatable bonds is 1. The van der Waals surface area contributed by atoms with E-state index in [0.29, 0.717) is 6.54 Å². The highest BCUT2D eigenvalue weighted by Gasteiger charge is 1.98. The standard InChI is InChI=1S/C10H12N2/c1-7-6-12-10-3-2-8(5-11)4-9(7)10/h2-4,6,12H,5,11H2,1H3. The van der Waals surface area contributed by atoms with Gasteiger partial charge in [0, 0.05) is 23.6 Å². The summed E-state index contributed by atoms with van der Waals surface area (Å²) in [5, 5.41) is 1.28. The van der Waals surface area contributed by atoms with Crippen LogP contribution in [0.15, 0.2) is 24.4 Å². The summed E-state index contributed by atoms with van der Waals surface area (Å²) in [6, 6.07) is 6.27. The lowest BCUT2D eigenvalue weighted by Crippen LogP contribution is -1.95. The topological polar surface area (TPSA) is 41.8 Å². The zero-order valence-corrected chi connectivity index (χ0v) is 7.09. The lowest BCUT2D eigenvalue weighted by molar-refractivity contribution is 1.08.